The number of carbonyl (C=O) groups is 1. The predicted octanol–water partition coefficient (Wildman–Crippen LogP) is 5.20. The Bertz CT molecular complexity index is 1270. The maximum atomic E-state index is 12.4. The molecule has 0 bridgehead atoms. The van der Waals surface area contributed by atoms with E-state index in [-0.39, 0.29) is 11.6 Å². The molecule has 0 atom stereocenters. The Morgan fingerprint density at radius 1 is 1.20 bits per heavy atom. The average molecular weight is 474 g/mol. The summed E-state index contributed by atoms with van der Waals surface area (Å²) in [5.41, 5.74) is 3.81. The predicted molar refractivity (Wildman–Crippen MR) is 132 cm³/mol. The van der Waals surface area contributed by atoms with Crippen molar-refractivity contribution in [3.05, 3.63) is 99.5 Å². The van der Waals surface area contributed by atoms with Gasteiger partial charge in [0.25, 0.3) is 5.69 Å². The third-order valence-electron chi connectivity index (χ3n) is 5.87. The van der Waals surface area contributed by atoms with Gasteiger partial charge in [0, 0.05) is 43.3 Å². The Labute approximate surface area is 203 Å². The topological polar surface area (TPSA) is 98.7 Å². The van der Waals surface area contributed by atoms with Crippen molar-refractivity contribution in [2.24, 2.45) is 0 Å². The molecule has 0 saturated carbocycles. The zero-order valence-corrected chi connectivity index (χ0v) is 19.8. The van der Waals surface area contributed by atoms with Crippen molar-refractivity contribution in [3.8, 4) is 17.2 Å². The Morgan fingerprint density at radius 3 is 2.74 bits per heavy atom. The van der Waals surface area contributed by atoms with Crippen molar-refractivity contribution < 1.29 is 18.9 Å². The smallest absolute Gasteiger partial charge is 0.269 e. The van der Waals surface area contributed by atoms with Gasteiger partial charge in [-0.25, -0.2) is 4.98 Å². The zero-order chi connectivity index (χ0) is 24.8. The van der Waals surface area contributed by atoms with Crippen LogP contribution in [0.15, 0.2) is 71.2 Å². The normalized spacial score (nSPS) is 13.4. The van der Waals surface area contributed by atoms with Crippen molar-refractivity contribution >= 4 is 11.6 Å². The number of oxazole rings is 1. The van der Waals surface area contributed by atoms with Gasteiger partial charge in [0.15, 0.2) is 0 Å². The van der Waals surface area contributed by atoms with Gasteiger partial charge in [0.1, 0.15) is 11.5 Å². The van der Waals surface area contributed by atoms with Gasteiger partial charge in [0.2, 0.25) is 11.8 Å². The molecule has 0 N–H and O–H groups in total. The molecule has 0 aliphatic carbocycles. The lowest BCUT2D eigenvalue weighted by Gasteiger charge is -2.28. The van der Waals surface area contributed by atoms with Crippen molar-refractivity contribution in [3.63, 3.8) is 0 Å². The second-order valence-electron chi connectivity index (χ2n) is 8.25. The molecular weight excluding hydrogens is 446 g/mol. The lowest BCUT2D eigenvalue weighted by molar-refractivity contribution is -0.384. The van der Waals surface area contributed by atoms with E-state index in [1.165, 1.54) is 17.7 Å². The van der Waals surface area contributed by atoms with E-state index in [0.717, 1.165) is 23.4 Å². The zero-order valence-electron chi connectivity index (χ0n) is 19.8. The van der Waals surface area contributed by atoms with Crippen LogP contribution in [-0.4, -0.2) is 33.9 Å². The van der Waals surface area contributed by atoms with Crippen molar-refractivity contribution in [1.82, 2.24) is 9.88 Å². The number of allylic oxidation sites excluding steroid dienone is 3. The molecule has 1 amide bonds. The lowest BCUT2D eigenvalue weighted by atomic mass is 9.99. The number of fused-ring (bicyclic) bond motifs is 1. The number of nitrogens with zero attached hydrogens (tertiary/aromatic N) is 3. The minimum Gasteiger partial charge on any atom is -0.493 e. The van der Waals surface area contributed by atoms with E-state index in [2.05, 4.69) is 11.1 Å². The maximum Gasteiger partial charge on any atom is 0.269 e. The summed E-state index contributed by atoms with van der Waals surface area (Å²) in [6, 6.07) is 12.1. The van der Waals surface area contributed by atoms with Gasteiger partial charge in [-0.1, -0.05) is 24.3 Å². The Hall–Kier alpha value is -4.20. The van der Waals surface area contributed by atoms with Crippen LogP contribution in [0.1, 0.15) is 29.5 Å². The molecule has 0 radical (unpaired) electrons. The summed E-state index contributed by atoms with van der Waals surface area (Å²) in [6.07, 6.45) is 8.46. The second-order valence-corrected chi connectivity index (χ2v) is 8.25. The maximum absolute atomic E-state index is 12.4. The average Bonchev–Trinajstić information content (AvgIpc) is 3.24. The molecule has 35 heavy (non-hydrogen) atoms. The summed E-state index contributed by atoms with van der Waals surface area (Å²) in [5.74, 6) is 1.87. The lowest BCUT2D eigenvalue weighted by Crippen LogP contribution is -2.34. The fourth-order valence-corrected chi connectivity index (χ4v) is 3.94. The molecule has 0 fully saturated rings. The highest BCUT2D eigenvalue weighted by Crippen LogP contribution is 2.26. The van der Waals surface area contributed by atoms with Gasteiger partial charge in [-0.2, -0.15) is 0 Å². The molecule has 8 nitrogen and oxygen atoms in total. The summed E-state index contributed by atoms with van der Waals surface area (Å²) >= 11 is 0. The quantitative estimate of drug-likeness (QED) is 0.193. The van der Waals surface area contributed by atoms with Crippen LogP contribution in [0, 0.1) is 17.0 Å². The number of carbonyl (C=O) groups excluding carboxylic acids is 1. The number of hydrogen-bond donors (Lipinski definition) is 0. The van der Waals surface area contributed by atoms with Crippen LogP contribution in [0.4, 0.5) is 5.69 Å². The number of rotatable bonds is 8. The molecule has 0 spiro atoms. The summed E-state index contributed by atoms with van der Waals surface area (Å²) in [4.78, 5) is 29.2. The first-order valence-electron chi connectivity index (χ1n) is 11.5. The number of nitro groups is 1. The largest absolute Gasteiger partial charge is 0.493 e. The number of aryl methyl sites for hydroxylation is 1. The van der Waals surface area contributed by atoms with E-state index in [1.54, 1.807) is 24.3 Å². The van der Waals surface area contributed by atoms with Gasteiger partial charge < -0.3 is 14.1 Å². The first kappa shape index (κ1) is 23.9. The minimum absolute atomic E-state index is 0.00500. The van der Waals surface area contributed by atoms with Gasteiger partial charge in [-0.3, -0.25) is 14.9 Å². The number of aromatic nitrogens is 1. The van der Waals surface area contributed by atoms with Crippen LogP contribution in [0.5, 0.6) is 5.75 Å². The van der Waals surface area contributed by atoms with Crippen molar-refractivity contribution in [2.75, 3.05) is 13.2 Å². The van der Waals surface area contributed by atoms with Crippen molar-refractivity contribution in [2.45, 2.75) is 33.2 Å². The van der Waals surface area contributed by atoms with E-state index in [1.807, 2.05) is 43.0 Å². The molecule has 1 aliphatic rings. The number of amides is 1. The molecule has 180 valence electrons. The van der Waals surface area contributed by atoms with E-state index < -0.39 is 4.92 Å². The van der Waals surface area contributed by atoms with Gasteiger partial charge in [-0.15, -0.1) is 0 Å². The third kappa shape index (κ3) is 5.84. The molecule has 3 aromatic rings. The molecule has 0 unspecified atom stereocenters. The minimum atomic E-state index is -0.439. The van der Waals surface area contributed by atoms with Gasteiger partial charge in [-0.05, 0) is 55.7 Å². The van der Waals surface area contributed by atoms with Crippen molar-refractivity contribution in [1.29, 1.82) is 0 Å². The van der Waals surface area contributed by atoms with E-state index in [9.17, 15) is 14.9 Å². The monoisotopic (exact) mass is 473 g/mol. The highest BCUT2D eigenvalue weighted by Gasteiger charge is 2.20. The van der Waals surface area contributed by atoms with Crippen LogP contribution < -0.4 is 4.74 Å². The molecule has 0 saturated heterocycles. The van der Waals surface area contributed by atoms with Crippen LogP contribution in [0.25, 0.3) is 11.5 Å². The first-order chi connectivity index (χ1) is 16.9. The van der Waals surface area contributed by atoms with E-state index in [4.69, 9.17) is 9.15 Å². The van der Waals surface area contributed by atoms with Crippen LogP contribution in [0.2, 0.25) is 0 Å². The fraction of sp³-hybridized carbons (Fsp3) is 0.259. The SMILES string of the molecule is CC=CC=CC(=O)N1CCc2ccc(OCCc3nc(-c4ccc([N+](=O)[O-])cc4)oc3C)cc2C1. The highest BCUT2D eigenvalue weighted by molar-refractivity contribution is 5.88. The van der Waals surface area contributed by atoms with Crippen LogP contribution in [-0.2, 0) is 24.2 Å². The number of ether oxygens (including phenoxy) is 1. The fourth-order valence-electron chi connectivity index (χ4n) is 3.94. The Balaban J connectivity index is 1.36. The third-order valence-corrected chi connectivity index (χ3v) is 5.87. The molecule has 2 aromatic carbocycles. The summed E-state index contributed by atoms with van der Waals surface area (Å²) in [6.45, 7) is 5.43. The summed E-state index contributed by atoms with van der Waals surface area (Å²) < 4.78 is 11.7. The van der Waals surface area contributed by atoms with Crippen LogP contribution in [0.3, 0.4) is 0 Å². The first-order valence-corrected chi connectivity index (χ1v) is 11.5. The Kier molecular flexibility index (Phi) is 7.40. The van der Waals surface area contributed by atoms with Gasteiger partial charge in [0.05, 0.1) is 17.2 Å². The standard InChI is InChI=1S/C27H27N3O5/c1-3-4-5-6-26(31)29-15-13-20-9-12-24(17-22(20)18-29)34-16-14-25-19(2)35-27(28-25)21-7-10-23(11-8-21)30(32)33/h3-12,17H,13-16,18H2,1-2H3. The molecule has 4 rings (SSSR count). The number of non-ortho nitro benzene ring substituents is 1. The second kappa shape index (κ2) is 10.8. The summed E-state index contributed by atoms with van der Waals surface area (Å²) in [5, 5.41) is 10.8. The van der Waals surface area contributed by atoms with Crippen LogP contribution >= 0.6 is 0 Å². The van der Waals surface area contributed by atoms with Gasteiger partial charge >= 0.3 is 0 Å². The molecule has 2 heterocycles. The van der Waals surface area contributed by atoms with E-state index >= 15 is 0 Å². The molecular formula is C27H27N3O5. The Morgan fingerprint density at radius 2 is 2.00 bits per heavy atom. The molecule has 1 aliphatic heterocycles. The number of nitro benzene ring substituents is 1. The summed E-state index contributed by atoms with van der Waals surface area (Å²) in [7, 11) is 0. The van der Waals surface area contributed by atoms with E-state index in [0.29, 0.717) is 43.3 Å². The highest BCUT2D eigenvalue weighted by atomic mass is 16.6. The molecule has 8 heteroatoms. The number of benzene rings is 2. The number of hydrogen-bond acceptors (Lipinski definition) is 6. The molecule has 1 aromatic heterocycles.